The van der Waals surface area contributed by atoms with E-state index in [9.17, 15) is 23.1 Å². The summed E-state index contributed by atoms with van der Waals surface area (Å²) in [5, 5.41) is 10.8. The Morgan fingerprint density at radius 1 is 1.21 bits per heavy atom. The second kappa shape index (κ2) is 6.65. The minimum Gasteiger partial charge on any atom is -0.385 e. The number of Topliss-reactive ketones (excluding diaryl/α,β-unsaturated/α-hetero) is 1. The van der Waals surface area contributed by atoms with Gasteiger partial charge in [-0.15, -0.1) is 0 Å². The number of hydrogen-bond donors (Lipinski definition) is 1. The Morgan fingerprint density at radius 3 is 2.46 bits per heavy atom. The molecule has 150 valence electrons. The predicted molar refractivity (Wildman–Crippen MR) is 96.2 cm³/mol. The molecule has 6 nitrogen and oxygen atoms in total. The number of aliphatic imine (C=N–C) groups is 1. The van der Waals surface area contributed by atoms with E-state index in [1.54, 1.807) is 6.92 Å². The van der Waals surface area contributed by atoms with E-state index in [4.69, 9.17) is 0 Å². The lowest BCUT2D eigenvalue weighted by Gasteiger charge is -2.36. The number of piperidine rings is 1. The molecule has 0 radical (unpaired) electrons. The molecule has 1 aromatic rings. The van der Waals surface area contributed by atoms with Crippen molar-refractivity contribution in [2.24, 2.45) is 10.9 Å². The highest BCUT2D eigenvalue weighted by Crippen LogP contribution is 2.40. The number of carbonyl (C=O) groups excluding carboxylic acids is 1. The minimum absolute atomic E-state index is 0.0365. The maximum atomic E-state index is 12.7. The number of carbonyl (C=O) groups is 1. The van der Waals surface area contributed by atoms with Crippen LogP contribution in [0, 0.1) is 5.92 Å². The zero-order valence-corrected chi connectivity index (χ0v) is 15.5. The summed E-state index contributed by atoms with van der Waals surface area (Å²) in [5.74, 6) is 0.474. The van der Waals surface area contributed by atoms with Crippen LogP contribution < -0.4 is 4.90 Å². The molecule has 1 N–H and O–H groups in total. The van der Waals surface area contributed by atoms with E-state index < -0.39 is 17.3 Å². The minimum atomic E-state index is -4.45. The molecule has 0 amide bonds. The van der Waals surface area contributed by atoms with Crippen LogP contribution >= 0.6 is 0 Å². The standard InChI is InChI=1S/C19H21F3N4O2/c1-18(28)7-14(27)6-12-8-23-16(15(12)18)11-2-4-26(5-3-11)17-24-9-13(10-25-17)19(20,21)22/h9-11,28H,2-8H2,1H3. The van der Waals surface area contributed by atoms with Crippen molar-refractivity contribution in [3.63, 3.8) is 0 Å². The van der Waals surface area contributed by atoms with E-state index in [0.717, 1.165) is 42.1 Å². The number of hydrogen-bond acceptors (Lipinski definition) is 6. The molecule has 28 heavy (non-hydrogen) atoms. The van der Waals surface area contributed by atoms with Gasteiger partial charge in [-0.05, 0) is 25.3 Å². The summed E-state index contributed by atoms with van der Waals surface area (Å²) in [4.78, 5) is 26.1. The summed E-state index contributed by atoms with van der Waals surface area (Å²) in [6, 6.07) is 0. The van der Waals surface area contributed by atoms with Crippen LogP contribution in [0.5, 0.6) is 0 Å². The number of halogens is 3. The van der Waals surface area contributed by atoms with Crippen molar-refractivity contribution >= 4 is 17.4 Å². The smallest absolute Gasteiger partial charge is 0.385 e. The average molecular weight is 394 g/mol. The summed E-state index contributed by atoms with van der Waals surface area (Å²) in [5.41, 5.74) is 0.606. The van der Waals surface area contributed by atoms with Gasteiger partial charge in [0.25, 0.3) is 0 Å². The van der Waals surface area contributed by atoms with E-state index in [2.05, 4.69) is 15.0 Å². The zero-order chi connectivity index (χ0) is 20.1. The largest absolute Gasteiger partial charge is 0.419 e. The molecule has 1 fully saturated rings. The first-order valence-corrected chi connectivity index (χ1v) is 9.30. The van der Waals surface area contributed by atoms with Crippen molar-refractivity contribution in [1.29, 1.82) is 0 Å². The summed E-state index contributed by atoms with van der Waals surface area (Å²) in [7, 11) is 0. The summed E-state index contributed by atoms with van der Waals surface area (Å²) in [6.45, 7) is 3.33. The molecule has 1 atom stereocenters. The number of aromatic nitrogens is 2. The van der Waals surface area contributed by atoms with Crippen LogP contribution in [-0.2, 0) is 11.0 Å². The Bertz CT molecular complexity index is 851. The van der Waals surface area contributed by atoms with Crippen LogP contribution in [0.3, 0.4) is 0 Å². The van der Waals surface area contributed by atoms with Gasteiger partial charge in [-0.2, -0.15) is 13.2 Å². The highest BCUT2D eigenvalue weighted by atomic mass is 19.4. The molecule has 9 heteroatoms. The topological polar surface area (TPSA) is 78.7 Å². The van der Waals surface area contributed by atoms with Gasteiger partial charge in [0.05, 0.1) is 17.7 Å². The van der Waals surface area contributed by atoms with Gasteiger partial charge in [-0.25, -0.2) is 9.97 Å². The van der Waals surface area contributed by atoms with E-state index in [0.29, 0.717) is 26.1 Å². The molecule has 3 aliphatic rings. The van der Waals surface area contributed by atoms with Crippen LogP contribution in [0.4, 0.5) is 19.1 Å². The normalized spacial score (nSPS) is 26.5. The molecule has 1 aliphatic carbocycles. The van der Waals surface area contributed by atoms with Gasteiger partial charge in [0.15, 0.2) is 0 Å². The number of anilines is 1. The highest BCUT2D eigenvalue weighted by molar-refractivity contribution is 6.08. The quantitative estimate of drug-likeness (QED) is 0.834. The van der Waals surface area contributed by atoms with E-state index in [-0.39, 0.29) is 24.1 Å². The van der Waals surface area contributed by atoms with Gasteiger partial charge in [-0.1, -0.05) is 0 Å². The molecule has 3 heterocycles. The highest BCUT2D eigenvalue weighted by Gasteiger charge is 2.43. The fourth-order valence-corrected chi connectivity index (χ4v) is 4.41. The van der Waals surface area contributed by atoms with Crippen molar-refractivity contribution in [1.82, 2.24) is 9.97 Å². The molecule has 4 rings (SSSR count). The van der Waals surface area contributed by atoms with Crippen LogP contribution in [0.15, 0.2) is 28.5 Å². The molecule has 2 aliphatic heterocycles. The SMILES string of the molecule is CC1(O)CC(=O)CC2=C1C(C1CCN(c3ncc(C(F)(F)F)cn3)CC1)=NC2. The van der Waals surface area contributed by atoms with E-state index >= 15 is 0 Å². The van der Waals surface area contributed by atoms with Crippen LogP contribution in [-0.4, -0.2) is 51.8 Å². The number of aliphatic hydroxyl groups is 1. The Labute approximate surface area is 160 Å². The lowest BCUT2D eigenvalue weighted by molar-refractivity contribution is -0.138. The van der Waals surface area contributed by atoms with Crippen LogP contribution in [0.1, 0.15) is 38.2 Å². The molecule has 0 bridgehead atoms. The number of alkyl halides is 3. The Balaban J connectivity index is 1.44. The van der Waals surface area contributed by atoms with Gasteiger partial charge in [0.1, 0.15) is 5.78 Å². The molecule has 0 aromatic carbocycles. The zero-order valence-electron chi connectivity index (χ0n) is 15.5. The van der Waals surface area contributed by atoms with Gasteiger partial charge in [0, 0.05) is 55.5 Å². The second-order valence-corrected chi connectivity index (χ2v) is 7.88. The third-order valence-electron chi connectivity index (χ3n) is 5.67. The van der Waals surface area contributed by atoms with Crippen molar-refractivity contribution in [3.05, 3.63) is 29.1 Å². The van der Waals surface area contributed by atoms with Gasteiger partial charge in [0.2, 0.25) is 5.95 Å². The lowest BCUT2D eigenvalue weighted by atomic mass is 9.74. The summed E-state index contributed by atoms with van der Waals surface area (Å²) < 4.78 is 38.0. The number of ketones is 1. The average Bonchev–Trinajstić information content (AvgIpc) is 3.05. The van der Waals surface area contributed by atoms with Gasteiger partial charge >= 0.3 is 6.18 Å². The van der Waals surface area contributed by atoms with Crippen LogP contribution in [0.2, 0.25) is 0 Å². The first-order valence-electron chi connectivity index (χ1n) is 9.30. The Kier molecular flexibility index (Phi) is 4.52. The van der Waals surface area contributed by atoms with Crippen molar-refractivity contribution in [3.8, 4) is 0 Å². The van der Waals surface area contributed by atoms with Crippen molar-refractivity contribution < 1.29 is 23.1 Å². The molecular weight excluding hydrogens is 373 g/mol. The third-order valence-corrected chi connectivity index (χ3v) is 5.67. The molecule has 1 unspecified atom stereocenters. The van der Waals surface area contributed by atoms with Gasteiger partial charge in [-0.3, -0.25) is 9.79 Å². The molecule has 1 saturated heterocycles. The van der Waals surface area contributed by atoms with Crippen LogP contribution in [0.25, 0.3) is 0 Å². The Hall–Kier alpha value is -2.29. The summed E-state index contributed by atoms with van der Waals surface area (Å²) in [6.07, 6.45) is -0.880. The van der Waals surface area contributed by atoms with Crippen molar-refractivity contribution in [2.45, 2.75) is 44.4 Å². The maximum absolute atomic E-state index is 12.7. The maximum Gasteiger partial charge on any atom is 0.419 e. The van der Waals surface area contributed by atoms with E-state index in [1.807, 2.05) is 4.90 Å². The molecule has 1 aromatic heterocycles. The number of nitrogens with zero attached hydrogens (tertiary/aromatic N) is 4. The molecule has 0 saturated carbocycles. The fourth-order valence-electron chi connectivity index (χ4n) is 4.41. The lowest BCUT2D eigenvalue weighted by Crippen LogP contribution is -2.42. The van der Waals surface area contributed by atoms with Gasteiger partial charge < -0.3 is 10.0 Å². The Morgan fingerprint density at radius 2 is 1.86 bits per heavy atom. The first-order chi connectivity index (χ1) is 13.1. The fraction of sp³-hybridized carbons (Fsp3) is 0.579. The molecular formula is C19H21F3N4O2. The monoisotopic (exact) mass is 394 g/mol. The molecule has 0 spiro atoms. The number of rotatable bonds is 2. The van der Waals surface area contributed by atoms with Crippen molar-refractivity contribution in [2.75, 3.05) is 24.5 Å². The predicted octanol–water partition coefficient (Wildman–Crippen LogP) is 2.58. The van der Waals surface area contributed by atoms with E-state index in [1.165, 1.54) is 0 Å². The third kappa shape index (κ3) is 3.43. The summed E-state index contributed by atoms with van der Waals surface area (Å²) >= 11 is 0. The second-order valence-electron chi connectivity index (χ2n) is 7.88. The first kappa shape index (κ1) is 19.0.